The predicted octanol–water partition coefficient (Wildman–Crippen LogP) is 1.98. The molecule has 0 bridgehead atoms. The maximum Gasteiger partial charge on any atom is 0.217 e. The number of nitrogens with zero attached hydrogens (tertiary/aromatic N) is 1. The SMILES string of the molecule is CC(=O)NC1CCN(c2ccc(I)cc2N)CC1. The molecule has 18 heavy (non-hydrogen) atoms. The number of nitrogen functional groups attached to an aromatic ring is 1. The van der Waals surface area contributed by atoms with E-state index in [-0.39, 0.29) is 5.91 Å². The number of hydrogen-bond donors (Lipinski definition) is 2. The Bertz CT molecular complexity index is 442. The van der Waals surface area contributed by atoms with Crippen LogP contribution in [0.2, 0.25) is 0 Å². The van der Waals surface area contributed by atoms with Crippen molar-refractivity contribution in [1.82, 2.24) is 5.32 Å². The number of nitrogens with one attached hydrogen (secondary N) is 1. The number of carbonyl (C=O) groups is 1. The fraction of sp³-hybridized carbons (Fsp3) is 0.462. The van der Waals surface area contributed by atoms with Crippen LogP contribution in [-0.4, -0.2) is 25.0 Å². The third-order valence-corrected chi connectivity index (χ3v) is 3.90. The lowest BCUT2D eigenvalue weighted by Gasteiger charge is -2.34. The number of amides is 1. The van der Waals surface area contributed by atoms with Gasteiger partial charge in [-0.3, -0.25) is 4.79 Å². The highest BCUT2D eigenvalue weighted by molar-refractivity contribution is 14.1. The molecule has 4 nitrogen and oxygen atoms in total. The molecule has 5 heteroatoms. The van der Waals surface area contributed by atoms with Crippen molar-refractivity contribution < 1.29 is 4.79 Å². The molecule has 2 rings (SSSR count). The molecule has 0 atom stereocenters. The van der Waals surface area contributed by atoms with Crippen LogP contribution in [0.1, 0.15) is 19.8 Å². The average Bonchev–Trinajstić information content (AvgIpc) is 2.30. The number of halogens is 1. The van der Waals surface area contributed by atoms with E-state index >= 15 is 0 Å². The molecule has 98 valence electrons. The lowest BCUT2D eigenvalue weighted by molar-refractivity contribution is -0.119. The summed E-state index contributed by atoms with van der Waals surface area (Å²) in [5.74, 6) is 0.0576. The van der Waals surface area contributed by atoms with E-state index in [0.717, 1.165) is 40.9 Å². The van der Waals surface area contributed by atoms with Gasteiger partial charge in [0.15, 0.2) is 0 Å². The second kappa shape index (κ2) is 5.77. The molecule has 1 aliphatic heterocycles. The van der Waals surface area contributed by atoms with E-state index in [0.29, 0.717) is 6.04 Å². The predicted molar refractivity (Wildman–Crippen MR) is 82.6 cm³/mol. The van der Waals surface area contributed by atoms with E-state index in [2.05, 4.69) is 44.9 Å². The quantitative estimate of drug-likeness (QED) is 0.627. The molecular weight excluding hydrogens is 341 g/mol. The normalized spacial score (nSPS) is 16.7. The van der Waals surface area contributed by atoms with Gasteiger partial charge in [0.1, 0.15) is 0 Å². The summed E-state index contributed by atoms with van der Waals surface area (Å²) >= 11 is 2.26. The van der Waals surface area contributed by atoms with Gasteiger partial charge in [0.25, 0.3) is 0 Å². The second-order valence-corrected chi connectivity index (χ2v) is 5.91. The standard InChI is InChI=1S/C13H18IN3O/c1-9(18)16-11-4-6-17(7-5-11)13-3-2-10(14)8-12(13)15/h2-3,8,11H,4-7,15H2,1H3,(H,16,18). The molecule has 0 aliphatic carbocycles. The number of anilines is 2. The first-order valence-electron chi connectivity index (χ1n) is 6.13. The third-order valence-electron chi connectivity index (χ3n) is 3.23. The molecule has 1 heterocycles. The highest BCUT2D eigenvalue weighted by Gasteiger charge is 2.20. The fourth-order valence-corrected chi connectivity index (χ4v) is 2.88. The van der Waals surface area contributed by atoms with Gasteiger partial charge >= 0.3 is 0 Å². The summed E-state index contributed by atoms with van der Waals surface area (Å²) in [5.41, 5.74) is 7.99. The first kappa shape index (κ1) is 13.5. The first-order valence-corrected chi connectivity index (χ1v) is 7.21. The molecule has 0 spiro atoms. The molecular formula is C13H18IN3O. The van der Waals surface area contributed by atoms with E-state index in [1.165, 1.54) is 0 Å². The van der Waals surface area contributed by atoms with E-state index < -0.39 is 0 Å². The van der Waals surface area contributed by atoms with Crippen LogP contribution in [0.15, 0.2) is 18.2 Å². The third kappa shape index (κ3) is 3.28. The maximum absolute atomic E-state index is 11.0. The van der Waals surface area contributed by atoms with Crippen molar-refractivity contribution >= 4 is 39.9 Å². The zero-order chi connectivity index (χ0) is 13.1. The van der Waals surface area contributed by atoms with Crippen LogP contribution >= 0.6 is 22.6 Å². The summed E-state index contributed by atoms with van der Waals surface area (Å²) in [7, 11) is 0. The second-order valence-electron chi connectivity index (χ2n) is 4.66. The van der Waals surface area contributed by atoms with E-state index in [9.17, 15) is 4.79 Å². The van der Waals surface area contributed by atoms with Gasteiger partial charge in [0, 0.05) is 29.6 Å². The van der Waals surface area contributed by atoms with Crippen LogP contribution < -0.4 is 16.0 Å². The van der Waals surface area contributed by atoms with E-state index in [1.54, 1.807) is 6.92 Å². The molecule has 1 aromatic carbocycles. The van der Waals surface area contributed by atoms with Gasteiger partial charge in [-0.15, -0.1) is 0 Å². The van der Waals surface area contributed by atoms with Crippen molar-refractivity contribution in [2.75, 3.05) is 23.7 Å². The van der Waals surface area contributed by atoms with E-state index in [1.807, 2.05) is 6.07 Å². The molecule has 1 fully saturated rings. The van der Waals surface area contributed by atoms with E-state index in [4.69, 9.17) is 5.73 Å². The van der Waals surface area contributed by atoms with Crippen molar-refractivity contribution in [2.24, 2.45) is 0 Å². The molecule has 1 aliphatic rings. The summed E-state index contributed by atoms with van der Waals surface area (Å²) in [6, 6.07) is 6.46. The fourth-order valence-electron chi connectivity index (χ4n) is 2.37. The number of rotatable bonds is 2. The molecule has 0 unspecified atom stereocenters. The number of carbonyl (C=O) groups excluding carboxylic acids is 1. The van der Waals surface area contributed by atoms with Crippen molar-refractivity contribution in [3.8, 4) is 0 Å². The van der Waals surface area contributed by atoms with Gasteiger partial charge in [-0.25, -0.2) is 0 Å². The summed E-state index contributed by atoms with van der Waals surface area (Å²) in [4.78, 5) is 13.3. The average molecular weight is 359 g/mol. The minimum atomic E-state index is 0.0576. The Morgan fingerprint density at radius 1 is 1.44 bits per heavy atom. The minimum absolute atomic E-state index is 0.0576. The van der Waals surface area contributed by atoms with Gasteiger partial charge in [-0.2, -0.15) is 0 Å². The van der Waals surface area contributed by atoms with Crippen molar-refractivity contribution in [3.63, 3.8) is 0 Å². The minimum Gasteiger partial charge on any atom is -0.397 e. The molecule has 0 saturated carbocycles. The molecule has 0 aromatic heterocycles. The highest BCUT2D eigenvalue weighted by atomic mass is 127. The molecule has 1 amide bonds. The van der Waals surface area contributed by atoms with Gasteiger partial charge in [0.2, 0.25) is 5.91 Å². The largest absolute Gasteiger partial charge is 0.397 e. The summed E-state index contributed by atoms with van der Waals surface area (Å²) < 4.78 is 1.15. The summed E-state index contributed by atoms with van der Waals surface area (Å²) in [6.07, 6.45) is 1.95. The van der Waals surface area contributed by atoms with Gasteiger partial charge < -0.3 is 16.0 Å². The number of hydrogen-bond acceptors (Lipinski definition) is 3. The Balaban J connectivity index is 1.99. The smallest absolute Gasteiger partial charge is 0.217 e. The number of piperidine rings is 1. The van der Waals surface area contributed by atoms with Gasteiger partial charge in [-0.05, 0) is 53.6 Å². The zero-order valence-electron chi connectivity index (χ0n) is 10.4. The van der Waals surface area contributed by atoms with Crippen molar-refractivity contribution in [2.45, 2.75) is 25.8 Å². The topological polar surface area (TPSA) is 58.4 Å². The van der Waals surface area contributed by atoms with Crippen LogP contribution in [0.3, 0.4) is 0 Å². The summed E-state index contributed by atoms with van der Waals surface area (Å²) in [5, 5.41) is 2.98. The maximum atomic E-state index is 11.0. The van der Waals surface area contributed by atoms with Crippen LogP contribution in [0.5, 0.6) is 0 Å². The molecule has 1 saturated heterocycles. The monoisotopic (exact) mass is 359 g/mol. The zero-order valence-corrected chi connectivity index (χ0v) is 12.6. The van der Waals surface area contributed by atoms with Crippen LogP contribution in [0.25, 0.3) is 0 Å². The van der Waals surface area contributed by atoms with Gasteiger partial charge in [-0.1, -0.05) is 0 Å². The number of benzene rings is 1. The molecule has 0 radical (unpaired) electrons. The Labute approximate surface area is 121 Å². The van der Waals surface area contributed by atoms with Crippen LogP contribution in [-0.2, 0) is 4.79 Å². The Hall–Kier alpha value is -0.980. The first-order chi connectivity index (χ1) is 8.56. The molecule has 1 aromatic rings. The Kier molecular flexibility index (Phi) is 4.31. The Morgan fingerprint density at radius 3 is 2.67 bits per heavy atom. The van der Waals surface area contributed by atoms with Crippen molar-refractivity contribution in [3.05, 3.63) is 21.8 Å². The Morgan fingerprint density at radius 2 is 2.11 bits per heavy atom. The molecule has 3 N–H and O–H groups in total. The van der Waals surface area contributed by atoms with Crippen molar-refractivity contribution in [1.29, 1.82) is 0 Å². The van der Waals surface area contributed by atoms with Gasteiger partial charge in [0.05, 0.1) is 11.4 Å². The van der Waals surface area contributed by atoms with Crippen LogP contribution in [0.4, 0.5) is 11.4 Å². The highest BCUT2D eigenvalue weighted by Crippen LogP contribution is 2.27. The lowest BCUT2D eigenvalue weighted by Crippen LogP contribution is -2.44. The van der Waals surface area contributed by atoms with Crippen LogP contribution in [0, 0.1) is 3.57 Å². The number of nitrogens with two attached hydrogens (primary N) is 1. The summed E-state index contributed by atoms with van der Waals surface area (Å²) in [6.45, 7) is 3.45. The lowest BCUT2D eigenvalue weighted by atomic mass is 10.0.